The molecule has 1 atom stereocenters. The van der Waals surface area contributed by atoms with Gasteiger partial charge in [0.25, 0.3) is 6.47 Å². The number of nitrogens with zero attached hydrogens (tertiary/aromatic N) is 1. The van der Waals surface area contributed by atoms with Crippen LogP contribution in [0.4, 0.5) is 0 Å². The lowest BCUT2D eigenvalue weighted by molar-refractivity contribution is -0.132. The minimum Gasteiger partial charge on any atom is -0.453 e. The molecule has 84 valence electrons. The van der Waals surface area contributed by atoms with E-state index >= 15 is 0 Å². The van der Waals surface area contributed by atoms with Gasteiger partial charge < -0.3 is 4.74 Å². The third kappa shape index (κ3) is 2.61. The van der Waals surface area contributed by atoms with Crippen LogP contribution in [-0.4, -0.2) is 16.7 Å². The van der Waals surface area contributed by atoms with E-state index in [1.807, 2.05) is 30.3 Å². The fourth-order valence-corrected chi connectivity index (χ4v) is 1.42. The van der Waals surface area contributed by atoms with Crippen LogP contribution in [0.1, 0.15) is 17.4 Å². The zero-order valence-electron chi connectivity index (χ0n) is 8.37. The van der Waals surface area contributed by atoms with Crippen LogP contribution >= 0.6 is 12.4 Å². The van der Waals surface area contributed by atoms with E-state index in [0.717, 1.165) is 5.56 Å². The highest BCUT2D eigenvalue weighted by molar-refractivity contribution is 5.85. The van der Waals surface area contributed by atoms with Gasteiger partial charge in [-0.05, 0) is 11.6 Å². The van der Waals surface area contributed by atoms with Gasteiger partial charge in [0.1, 0.15) is 5.69 Å². The summed E-state index contributed by atoms with van der Waals surface area (Å²) < 4.78 is 5.01. The summed E-state index contributed by atoms with van der Waals surface area (Å²) in [5.74, 6) is 0. The number of ether oxygens (including phenoxy) is 1. The molecule has 0 aliphatic rings. The van der Waals surface area contributed by atoms with Gasteiger partial charge in [-0.1, -0.05) is 30.3 Å². The van der Waals surface area contributed by atoms with E-state index < -0.39 is 6.10 Å². The van der Waals surface area contributed by atoms with Crippen molar-refractivity contribution < 1.29 is 9.53 Å². The number of nitrogens with one attached hydrogen (secondary N) is 1. The molecule has 0 fully saturated rings. The maximum Gasteiger partial charge on any atom is 0.294 e. The number of aromatic amines is 1. The van der Waals surface area contributed by atoms with Crippen molar-refractivity contribution in [2.45, 2.75) is 6.10 Å². The van der Waals surface area contributed by atoms with Gasteiger partial charge in [-0.2, -0.15) is 5.10 Å². The molecule has 0 aliphatic carbocycles. The van der Waals surface area contributed by atoms with Crippen LogP contribution in [0.5, 0.6) is 0 Å². The Morgan fingerprint density at radius 3 is 2.56 bits per heavy atom. The second-order valence-electron chi connectivity index (χ2n) is 3.02. The normalized spacial score (nSPS) is 11.2. The second kappa shape index (κ2) is 5.92. The molecule has 1 aromatic carbocycles. The summed E-state index contributed by atoms with van der Waals surface area (Å²) in [6, 6.07) is 11.3. The van der Waals surface area contributed by atoms with Crippen molar-refractivity contribution in [2.24, 2.45) is 0 Å². The van der Waals surface area contributed by atoms with Crippen molar-refractivity contribution in [1.82, 2.24) is 10.2 Å². The van der Waals surface area contributed by atoms with Gasteiger partial charge in [-0.15, -0.1) is 12.4 Å². The highest BCUT2D eigenvalue weighted by atomic mass is 35.5. The van der Waals surface area contributed by atoms with E-state index in [1.54, 1.807) is 12.3 Å². The molecule has 0 amide bonds. The maximum atomic E-state index is 10.4. The molecule has 2 aromatic rings. The number of benzene rings is 1. The van der Waals surface area contributed by atoms with Crippen LogP contribution in [-0.2, 0) is 9.53 Å². The SMILES string of the molecule is Cl.O=COC(c1ccccc1)c1cc[nH]n1. The molecule has 0 aliphatic heterocycles. The van der Waals surface area contributed by atoms with Crippen molar-refractivity contribution in [3.63, 3.8) is 0 Å². The number of aromatic nitrogens is 2. The van der Waals surface area contributed by atoms with E-state index in [4.69, 9.17) is 4.74 Å². The summed E-state index contributed by atoms with van der Waals surface area (Å²) in [7, 11) is 0. The van der Waals surface area contributed by atoms with Crippen LogP contribution in [0.3, 0.4) is 0 Å². The molecule has 5 heteroatoms. The average molecular weight is 239 g/mol. The summed E-state index contributed by atoms with van der Waals surface area (Å²) >= 11 is 0. The molecule has 4 nitrogen and oxygen atoms in total. The minimum atomic E-state index is -0.435. The molecule has 0 saturated carbocycles. The van der Waals surface area contributed by atoms with Crippen LogP contribution < -0.4 is 0 Å². The molecule has 0 saturated heterocycles. The van der Waals surface area contributed by atoms with Crippen molar-refractivity contribution in [3.05, 3.63) is 53.9 Å². The first-order valence-electron chi connectivity index (χ1n) is 4.55. The molecule has 16 heavy (non-hydrogen) atoms. The quantitative estimate of drug-likeness (QED) is 0.830. The van der Waals surface area contributed by atoms with Crippen molar-refractivity contribution in [3.8, 4) is 0 Å². The van der Waals surface area contributed by atoms with Crippen molar-refractivity contribution in [1.29, 1.82) is 0 Å². The van der Waals surface area contributed by atoms with E-state index in [-0.39, 0.29) is 12.4 Å². The molecule has 1 unspecified atom stereocenters. The first-order valence-corrected chi connectivity index (χ1v) is 4.55. The predicted octanol–water partition coefficient (Wildman–Crippen LogP) is 2.09. The Hall–Kier alpha value is -1.81. The first kappa shape index (κ1) is 12.3. The summed E-state index contributed by atoms with van der Waals surface area (Å²) in [6.45, 7) is 0.437. The maximum absolute atomic E-state index is 10.4. The van der Waals surface area contributed by atoms with Crippen LogP contribution in [0.15, 0.2) is 42.6 Å². The van der Waals surface area contributed by atoms with Gasteiger partial charge in [0.15, 0.2) is 6.10 Å². The van der Waals surface area contributed by atoms with Gasteiger partial charge in [0.2, 0.25) is 0 Å². The molecule has 1 aromatic heterocycles. The van der Waals surface area contributed by atoms with Crippen LogP contribution in [0.25, 0.3) is 0 Å². The van der Waals surface area contributed by atoms with Gasteiger partial charge >= 0.3 is 0 Å². The van der Waals surface area contributed by atoms with E-state index in [2.05, 4.69) is 10.2 Å². The van der Waals surface area contributed by atoms with E-state index in [1.165, 1.54) is 0 Å². The number of rotatable bonds is 4. The smallest absolute Gasteiger partial charge is 0.294 e. The van der Waals surface area contributed by atoms with Gasteiger partial charge in [-0.25, -0.2) is 0 Å². The van der Waals surface area contributed by atoms with Gasteiger partial charge in [-0.3, -0.25) is 9.89 Å². The number of hydrogen-bond acceptors (Lipinski definition) is 3. The fraction of sp³-hybridized carbons (Fsp3) is 0.0909. The summed E-state index contributed by atoms with van der Waals surface area (Å²) in [4.78, 5) is 10.4. The molecular formula is C11H11ClN2O2. The number of carbonyl (C=O) groups is 1. The van der Waals surface area contributed by atoms with Gasteiger partial charge in [0.05, 0.1) is 0 Å². The lowest BCUT2D eigenvalue weighted by atomic mass is 10.1. The Labute approximate surface area is 99.0 Å². The van der Waals surface area contributed by atoms with E-state index in [0.29, 0.717) is 12.2 Å². The molecule has 1 N–H and O–H groups in total. The molecule has 0 radical (unpaired) electrons. The number of hydrogen-bond donors (Lipinski definition) is 1. The van der Waals surface area contributed by atoms with Crippen LogP contribution in [0, 0.1) is 0 Å². The monoisotopic (exact) mass is 238 g/mol. The molecule has 1 heterocycles. The van der Waals surface area contributed by atoms with Crippen molar-refractivity contribution in [2.75, 3.05) is 0 Å². The lowest BCUT2D eigenvalue weighted by Crippen LogP contribution is -2.05. The molecule has 0 bridgehead atoms. The Morgan fingerprint density at radius 1 is 1.25 bits per heavy atom. The fourth-order valence-electron chi connectivity index (χ4n) is 1.42. The Morgan fingerprint density at radius 2 is 2.00 bits per heavy atom. The van der Waals surface area contributed by atoms with Gasteiger partial charge in [0, 0.05) is 6.20 Å². The lowest BCUT2D eigenvalue weighted by Gasteiger charge is -2.12. The second-order valence-corrected chi connectivity index (χ2v) is 3.02. The summed E-state index contributed by atoms with van der Waals surface area (Å²) in [5, 5.41) is 6.70. The highest BCUT2D eigenvalue weighted by Crippen LogP contribution is 2.22. The Kier molecular flexibility index (Phi) is 4.54. The zero-order valence-corrected chi connectivity index (χ0v) is 9.18. The minimum absolute atomic E-state index is 0. The van der Waals surface area contributed by atoms with E-state index in [9.17, 15) is 4.79 Å². The Balaban J connectivity index is 0.00000128. The number of carbonyl (C=O) groups excluding carboxylic acids is 1. The standard InChI is InChI=1S/C11H10N2O2.ClH/c14-8-15-11(10-6-7-12-13-10)9-4-2-1-3-5-9;/h1-8,11H,(H,12,13);1H. The third-order valence-corrected chi connectivity index (χ3v) is 2.08. The Bertz CT molecular complexity index is 417. The zero-order chi connectivity index (χ0) is 10.5. The topological polar surface area (TPSA) is 55.0 Å². The largest absolute Gasteiger partial charge is 0.453 e. The first-order chi connectivity index (χ1) is 7.42. The average Bonchev–Trinajstić information content (AvgIpc) is 2.80. The predicted molar refractivity (Wildman–Crippen MR) is 61.3 cm³/mol. The molecular weight excluding hydrogens is 228 g/mol. The van der Waals surface area contributed by atoms with Crippen LogP contribution in [0.2, 0.25) is 0 Å². The highest BCUT2D eigenvalue weighted by Gasteiger charge is 2.16. The number of halogens is 1. The van der Waals surface area contributed by atoms with Crippen molar-refractivity contribution >= 4 is 18.9 Å². The summed E-state index contributed by atoms with van der Waals surface area (Å²) in [5.41, 5.74) is 1.59. The summed E-state index contributed by atoms with van der Waals surface area (Å²) in [6.07, 6.45) is 1.26. The number of H-pyrrole nitrogens is 1. The molecule has 0 spiro atoms. The third-order valence-electron chi connectivity index (χ3n) is 2.08. The molecule has 2 rings (SSSR count).